The molecule has 8 nitrogen and oxygen atoms in total. The average Bonchev–Trinajstić information content (AvgIpc) is 2.82. The van der Waals surface area contributed by atoms with Gasteiger partial charge in [0, 0.05) is 6.42 Å². The predicted octanol–water partition coefficient (Wildman–Crippen LogP) is 4.63. The van der Waals surface area contributed by atoms with Crippen LogP contribution < -0.4 is 9.50 Å². The fourth-order valence-electron chi connectivity index (χ4n) is 3.20. The van der Waals surface area contributed by atoms with Gasteiger partial charge in [0.2, 0.25) is 0 Å². The molecule has 3 aromatic rings. The topological polar surface area (TPSA) is 108 Å². The molecule has 1 atom stereocenters. The molecular weight excluding hydrogens is 482 g/mol. The second kappa shape index (κ2) is 11.7. The monoisotopic (exact) mass is 511 g/mol. The molecule has 0 saturated heterocycles. The molecule has 36 heavy (non-hydrogen) atoms. The van der Waals surface area contributed by atoms with Gasteiger partial charge in [-0.2, -0.15) is 8.42 Å². The normalized spacial score (nSPS) is 12.3. The highest BCUT2D eigenvalue weighted by Gasteiger charge is 2.28. The molecular formula is C27H29NO7S. The number of ether oxygens (including phenoxy) is 2. The minimum absolute atomic E-state index is 0.0184. The number of benzene rings is 3. The molecule has 0 fully saturated rings. The Morgan fingerprint density at radius 2 is 1.47 bits per heavy atom. The standard InChI is InChI=1S/C27H29NO7S/c1-27(2,3)34-25(29)24(28-26(30)33-19-20-11-6-4-7-12-20)18-21-13-10-14-22(17-21)35-36(31,32)23-15-8-5-9-16-23/h4-17,24H,18-19H2,1-3H3,(H,28,30)/t24-/m0/s1. The lowest BCUT2D eigenvalue weighted by atomic mass is 10.1. The molecule has 0 bridgehead atoms. The molecule has 0 aliphatic heterocycles. The van der Waals surface area contributed by atoms with E-state index in [-0.39, 0.29) is 23.7 Å². The quantitative estimate of drug-likeness (QED) is 0.330. The van der Waals surface area contributed by atoms with Crippen LogP contribution in [-0.2, 0) is 37.4 Å². The van der Waals surface area contributed by atoms with E-state index < -0.39 is 33.8 Å². The van der Waals surface area contributed by atoms with Crippen LogP contribution in [0, 0.1) is 0 Å². The summed E-state index contributed by atoms with van der Waals surface area (Å²) in [6, 6.07) is 22.1. The molecule has 0 saturated carbocycles. The highest BCUT2D eigenvalue weighted by atomic mass is 32.2. The summed E-state index contributed by atoms with van der Waals surface area (Å²) in [5, 5.41) is 2.56. The molecule has 0 radical (unpaired) electrons. The van der Waals surface area contributed by atoms with E-state index in [2.05, 4.69) is 5.32 Å². The van der Waals surface area contributed by atoms with Crippen molar-refractivity contribution in [1.82, 2.24) is 5.32 Å². The Morgan fingerprint density at radius 3 is 2.11 bits per heavy atom. The van der Waals surface area contributed by atoms with Crippen molar-refractivity contribution >= 4 is 22.2 Å². The molecule has 190 valence electrons. The zero-order valence-corrected chi connectivity index (χ0v) is 21.2. The first-order valence-corrected chi connectivity index (χ1v) is 12.7. The van der Waals surface area contributed by atoms with Gasteiger partial charge in [-0.15, -0.1) is 0 Å². The third kappa shape index (κ3) is 8.42. The summed E-state index contributed by atoms with van der Waals surface area (Å²) in [6.07, 6.45) is -0.758. The van der Waals surface area contributed by atoms with Gasteiger partial charge in [-0.3, -0.25) is 0 Å². The van der Waals surface area contributed by atoms with Crippen molar-refractivity contribution in [3.63, 3.8) is 0 Å². The van der Waals surface area contributed by atoms with E-state index >= 15 is 0 Å². The van der Waals surface area contributed by atoms with Gasteiger partial charge < -0.3 is 19.0 Å². The number of hydrogen-bond acceptors (Lipinski definition) is 7. The second-order valence-electron chi connectivity index (χ2n) is 8.99. The minimum atomic E-state index is -4.03. The zero-order chi connectivity index (χ0) is 26.2. The molecule has 0 aliphatic rings. The Hall–Kier alpha value is -3.85. The number of amides is 1. The van der Waals surface area contributed by atoms with E-state index in [4.69, 9.17) is 13.7 Å². The Kier molecular flexibility index (Phi) is 8.71. The third-order valence-corrected chi connectivity index (χ3v) is 6.03. The molecule has 0 aromatic heterocycles. The van der Waals surface area contributed by atoms with Crippen LogP contribution in [0.4, 0.5) is 4.79 Å². The number of nitrogens with one attached hydrogen (secondary N) is 1. The Bertz CT molecular complexity index is 1270. The number of hydrogen-bond donors (Lipinski definition) is 1. The number of rotatable bonds is 9. The molecule has 9 heteroatoms. The fraction of sp³-hybridized carbons (Fsp3) is 0.259. The van der Waals surface area contributed by atoms with Crippen LogP contribution in [0.5, 0.6) is 5.75 Å². The van der Waals surface area contributed by atoms with Gasteiger partial charge in [0.25, 0.3) is 0 Å². The average molecular weight is 512 g/mol. The molecule has 0 aliphatic carbocycles. The second-order valence-corrected chi connectivity index (χ2v) is 10.5. The highest BCUT2D eigenvalue weighted by Crippen LogP contribution is 2.21. The number of alkyl carbamates (subject to hydrolysis) is 1. The molecule has 3 rings (SSSR count). The maximum Gasteiger partial charge on any atom is 0.408 e. The minimum Gasteiger partial charge on any atom is -0.458 e. The molecule has 0 heterocycles. The Labute approximate surface area is 211 Å². The lowest BCUT2D eigenvalue weighted by molar-refractivity contribution is -0.157. The van der Waals surface area contributed by atoms with Crippen molar-refractivity contribution in [2.75, 3.05) is 0 Å². The van der Waals surface area contributed by atoms with Gasteiger partial charge in [-0.25, -0.2) is 9.59 Å². The summed E-state index contributed by atoms with van der Waals surface area (Å²) in [7, 11) is -4.03. The lowest BCUT2D eigenvalue weighted by Gasteiger charge is -2.24. The first-order valence-electron chi connectivity index (χ1n) is 11.3. The van der Waals surface area contributed by atoms with Gasteiger partial charge in [-0.05, 0) is 56.2 Å². The van der Waals surface area contributed by atoms with Crippen molar-refractivity contribution < 1.29 is 31.7 Å². The SMILES string of the molecule is CC(C)(C)OC(=O)[C@H](Cc1cccc(OS(=O)(=O)c2ccccc2)c1)NC(=O)OCc1ccccc1. The van der Waals surface area contributed by atoms with Crippen LogP contribution in [0.25, 0.3) is 0 Å². The number of carbonyl (C=O) groups is 2. The van der Waals surface area contributed by atoms with Crippen molar-refractivity contribution in [3.05, 3.63) is 96.1 Å². The lowest BCUT2D eigenvalue weighted by Crippen LogP contribution is -2.45. The third-order valence-electron chi connectivity index (χ3n) is 4.77. The maximum absolute atomic E-state index is 12.9. The molecule has 0 spiro atoms. The van der Waals surface area contributed by atoms with Crippen LogP contribution in [0.1, 0.15) is 31.9 Å². The predicted molar refractivity (Wildman–Crippen MR) is 134 cm³/mol. The van der Waals surface area contributed by atoms with E-state index in [0.29, 0.717) is 5.56 Å². The van der Waals surface area contributed by atoms with Crippen LogP contribution in [0.3, 0.4) is 0 Å². The molecule has 1 N–H and O–H groups in total. The fourth-order valence-corrected chi connectivity index (χ4v) is 4.14. The largest absolute Gasteiger partial charge is 0.458 e. The van der Waals surface area contributed by atoms with Crippen molar-refractivity contribution in [3.8, 4) is 5.75 Å². The van der Waals surface area contributed by atoms with E-state index in [9.17, 15) is 18.0 Å². The number of esters is 1. The summed E-state index contributed by atoms with van der Waals surface area (Å²) >= 11 is 0. The first kappa shape index (κ1) is 26.7. The van der Waals surface area contributed by atoms with E-state index in [1.165, 1.54) is 24.3 Å². The van der Waals surface area contributed by atoms with Gasteiger partial charge in [0.05, 0.1) is 0 Å². The zero-order valence-electron chi connectivity index (χ0n) is 20.3. The molecule has 1 amide bonds. The Balaban J connectivity index is 1.73. The van der Waals surface area contributed by atoms with Crippen molar-refractivity contribution in [2.45, 2.75) is 50.3 Å². The van der Waals surface area contributed by atoms with Gasteiger partial charge in [0.1, 0.15) is 28.9 Å². The molecule has 0 unspecified atom stereocenters. The summed E-state index contributed by atoms with van der Waals surface area (Å²) in [5.74, 6) is -0.576. The van der Waals surface area contributed by atoms with E-state index in [1.807, 2.05) is 30.3 Å². The van der Waals surface area contributed by atoms with E-state index in [0.717, 1.165) is 5.56 Å². The highest BCUT2D eigenvalue weighted by molar-refractivity contribution is 7.87. The molecule has 3 aromatic carbocycles. The Morgan fingerprint density at radius 1 is 0.861 bits per heavy atom. The van der Waals surface area contributed by atoms with Crippen LogP contribution in [0.2, 0.25) is 0 Å². The smallest absolute Gasteiger partial charge is 0.408 e. The van der Waals surface area contributed by atoms with Gasteiger partial charge >= 0.3 is 22.2 Å². The summed E-state index contributed by atoms with van der Waals surface area (Å²) in [5.41, 5.74) is 0.570. The first-order chi connectivity index (χ1) is 17.0. The summed E-state index contributed by atoms with van der Waals surface area (Å²) in [4.78, 5) is 25.3. The van der Waals surface area contributed by atoms with Gasteiger partial charge in [0.15, 0.2) is 0 Å². The van der Waals surface area contributed by atoms with Crippen LogP contribution in [-0.4, -0.2) is 32.1 Å². The summed E-state index contributed by atoms with van der Waals surface area (Å²) < 4.78 is 41.1. The van der Waals surface area contributed by atoms with Crippen molar-refractivity contribution in [1.29, 1.82) is 0 Å². The summed E-state index contributed by atoms with van der Waals surface area (Å²) in [6.45, 7) is 5.20. The van der Waals surface area contributed by atoms with Gasteiger partial charge in [-0.1, -0.05) is 60.7 Å². The van der Waals surface area contributed by atoms with Crippen LogP contribution >= 0.6 is 0 Å². The van der Waals surface area contributed by atoms with Crippen LogP contribution in [0.15, 0.2) is 89.8 Å². The van der Waals surface area contributed by atoms with Crippen molar-refractivity contribution in [2.24, 2.45) is 0 Å². The van der Waals surface area contributed by atoms with E-state index in [1.54, 1.807) is 51.1 Å². The maximum atomic E-state index is 12.9. The number of carbonyl (C=O) groups excluding carboxylic acids is 2.